The molecule has 0 saturated heterocycles. The topological polar surface area (TPSA) is 64.1 Å². The second-order valence-corrected chi connectivity index (χ2v) is 4.48. The normalized spacial score (nSPS) is 12.4. The standard InChI is InChI=1S/C13H12ClF2N3/c14-7-1-3-9(12(17)5-7)13(19-18)10-6-8(15)2-4-11(10)16/h1-6,13,19H,17-18H2. The monoisotopic (exact) mass is 283 g/mol. The Labute approximate surface area is 114 Å². The first-order valence-electron chi connectivity index (χ1n) is 5.49. The van der Waals surface area contributed by atoms with Gasteiger partial charge in [0.15, 0.2) is 0 Å². The number of nitrogen functional groups attached to an aromatic ring is 1. The molecule has 6 heteroatoms. The fourth-order valence-corrected chi connectivity index (χ4v) is 2.07. The smallest absolute Gasteiger partial charge is 0.128 e. The Bertz CT molecular complexity index is 604. The molecule has 2 aromatic rings. The number of hydrazine groups is 1. The second-order valence-electron chi connectivity index (χ2n) is 4.04. The van der Waals surface area contributed by atoms with E-state index in [2.05, 4.69) is 5.43 Å². The fraction of sp³-hybridized carbons (Fsp3) is 0.0769. The molecule has 0 saturated carbocycles. The van der Waals surface area contributed by atoms with Crippen molar-refractivity contribution in [2.24, 2.45) is 5.84 Å². The van der Waals surface area contributed by atoms with Gasteiger partial charge in [-0.15, -0.1) is 0 Å². The summed E-state index contributed by atoms with van der Waals surface area (Å²) in [7, 11) is 0. The van der Waals surface area contributed by atoms with Crippen LogP contribution in [0.1, 0.15) is 17.2 Å². The number of nitrogens with two attached hydrogens (primary N) is 2. The summed E-state index contributed by atoms with van der Waals surface area (Å²) in [5.41, 5.74) is 9.21. The van der Waals surface area contributed by atoms with E-state index in [4.69, 9.17) is 23.2 Å². The maximum Gasteiger partial charge on any atom is 0.128 e. The molecule has 0 heterocycles. The highest BCUT2D eigenvalue weighted by molar-refractivity contribution is 6.30. The third kappa shape index (κ3) is 2.84. The van der Waals surface area contributed by atoms with Crippen molar-refractivity contribution in [3.63, 3.8) is 0 Å². The first-order valence-corrected chi connectivity index (χ1v) is 5.86. The molecule has 3 nitrogen and oxygen atoms in total. The van der Waals surface area contributed by atoms with Crippen molar-refractivity contribution >= 4 is 17.3 Å². The summed E-state index contributed by atoms with van der Waals surface area (Å²) < 4.78 is 27.0. The Kier molecular flexibility index (Phi) is 3.99. The van der Waals surface area contributed by atoms with Crippen LogP contribution in [0.15, 0.2) is 36.4 Å². The lowest BCUT2D eigenvalue weighted by Gasteiger charge is -2.19. The van der Waals surface area contributed by atoms with E-state index < -0.39 is 17.7 Å². The van der Waals surface area contributed by atoms with Crippen LogP contribution in [0.4, 0.5) is 14.5 Å². The molecule has 5 N–H and O–H groups in total. The minimum Gasteiger partial charge on any atom is -0.398 e. The van der Waals surface area contributed by atoms with Gasteiger partial charge in [0.05, 0.1) is 6.04 Å². The van der Waals surface area contributed by atoms with Crippen LogP contribution < -0.4 is 17.0 Å². The Hall–Kier alpha value is -1.69. The van der Waals surface area contributed by atoms with Crippen LogP contribution in [0.5, 0.6) is 0 Å². The van der Waals surface area contributed by atoms with Crippen LogP contribution in [0.25, 0.3) is 0 Å². The van der Waals surface area contributed by atoms with E-state index >= 15 is 0 Å². The average molecular weight is 284 g/mol. The highest BCUT2D eigenvalue weighted by Gasteiger charge is 2.19. The fourth-order valence-electron chi connectivity index (χ4n) is 1.89. The molecule has 0 radical (unpaired) electrons. The molecule has 0 aromatic heterocycles. The average Bonchev–Trinajstić information content (AvgIpc) is 2.36. The van der Waals surface area contributed by atoms with E-state index in [0.717, 1.165) is 18.2 Å². The van der Waals surface area contributed by atoms with Crippen LogP contribution in [0.2, 0.25) is 5.02 Å². The predicted molar refractivity (Wildman–Crippen MR) is 71.4 cm³/mol. The molecule has 0 aliphatic heterocycles. The summed E-state index contributed by atoms with van der Waals surface area (Å²) in [5.74, 6) is 4.31. The Morgan fingerprint density at radius 3 is 2.42 bits per heavy atom. The zero-order valence-corrected chi connectivity index (χ0v) is 10.6. The number of halogens is 3. The summed E-state index contributed by atoms with van der Waals surface area (Å²) in [6.07, 6.45) is 0. The van der Waals surface area contributed by atoms with Crippen molar-refractivity contribution in [2.75, 3.05) is 5.73 Å². The molecule has 0 aliphatic rings. The molecule has 100 valence electrons. The predicted octanol–water partition coefficient (Wildman–Crippen LogP) is 2.75. The lowest BCUT2D eigenvalue weighted by atomic mass is 9.97. The van der Waals surface area contributed by atoms with Crippen LogP contribution >= 0.6 is 11.6 Å². The molecule has 0 spiro atoms. The van der Waals surface area contributed by atoms with Gasteiger partial charge in [-0.25, -0.2) is 14.2 Å². The van der Waals surface area contributed by atoms with Gasteiger partial charge in [-0.1, -0.05) is 17.7 Å². The highest BCUT2D eigenvalue weighted by Crippen LogP contribution is 2.30. The van der Waals surface area contributed by atoms with Gasteiger partial charge >= 0.3 is 0 Å². The van der Waals surface area contributed by atoms with Crippen molar-refractivity contribution in [3.8, 4) is 0 Å². The van der Waals surface area contributed by atoms with Crippen molar-refractivity contribution in [2.45, 2.75) is 6.04 Å². The molecule has 2 rings (SSSR count). The third-order valence-electron chi connectivity index (χ3n) is 2.80. The Morgan fingerprint density at radius 1 is 1.05 bits per heavy atom. The van der Waals surface area contributed by atoms with Gasteiger partial charge in [0.2, 0.25) is 0 Å². The molecule has 1 atom stereocenters. The first-order chi connectivity index (χ1) is 9.02. The summed E-state index contributed by atoms with van der Waals surface area (Å²) in [5, 5.41) is 0.455. The van der Waals surface area contributed by atoms with E-state index in [1.165, 1.54) is 6.07 Å². The van der Waals surface area contributed by atoms with Gasteiger partial charge < -0.3 is 5.73 Å². The summed E-state index contributed by atoms with van der Waals surface area (Å²) in [4.78, 5) is 0. The Morgan fingerprint density at radius 2 is 1.79 bits per heavy atom. The van der Waals surface area contributed by atoms with Crippen molar-refractivity contribution < 1.29 is 8.78 Å². The minimum absolute atomic E-state index is 0.0801. The molecule has 0 fully saturated rings. The second kappa shape index (κ2) is 5.52. The van der Waals surface area contributed by atoms with Crippen LogP contribution in [0.3, 0.4) is 0 Å². The van der Waals surface area contributed by atoms with E-state index in [9.17, 15) is 8.78 Å². The van der Waals surface area contributed by atoms with Gasteiger partial charge in [0.25, 0.3) is 0 Å². The van der Waals surface area contributed by atoms with Gasteiger partial charge in [-0.2, -0.15) is 0 Å². The molecule has 1 unspecified atom stereocenters. The highest BCUT2D eigenvalue weighted by atomic mass is 35.5. The number of anilines is 1. The van der Waals surface area contributed by atoms with E-state index in [-0.39, 0.29) is 5.56 Å². The van der Waals surface area contributed by atoms with E-state index in [0.29, 0.717) is 16.3 Å². The Balaban J connectivity index is 2.52. The van der Waals surface area contributed by atoms with Gasteiger partial charge in [0.1, 0.15) is 11.6 Å². The maximum atomic E-state index is 13.8. The lowest BCUT2D eigenvalue weighted by molar-refractivity contribution is 0.546. The number of hydrogen-bond acceptors (Lipinski definition) is 3. The molecule has 0 aliphatic carbocycles. The molecular formula is C13H12ClF2N3. The largest absolute Gasteiger partial charge is 0.398 e. The van der Waals surface area contributed by atoms with Crippen LogP contribution in [-0.2, 0) is 0 Å². The summed E-state index contributed by atoms with van der Waals surface area (Å²) in [6.45, 7) is 0. The molecule has 19 heavy (non-hydrogen) atoms. The SMILES string of the molecule is NNC(c1ccc(Cl)cc1N)c1cc(F)ccc1F. The van der Waals surface area contributed by atoms with Gasteiger partial charge in [0, 0.05) is 16.3 Å². The lowest BCUT2D eigenvalue weighted by Crippen LogP contribution is -2.30. The third-order valence-corrected chi connectivity index (χ3v) is 3.03. The molecular weight excluding hydrogens is 272 g/mol. The van der Waals surface area contributed by atoms with Crippen LogP contribution in [-0.4, -0.2) is 0 Å². The zero-order chi connectivity index (χ0) is 14.0. The molecule has 0 amide bonds. The molecule has 0 bridgehead atoms. The number of benzene rings is 2. The zero-order valence-electron chi connectivity index (χ0n) is 9.83. The minimum atomic E-state index is -0.757. The summed E-state index contributed by atoms with van der Waals surface area (Å²) in [6, 6.07) is 7.15. The van der Waals surface area contributed by atoms with E-state index in [1.807, 2.05) is 0 Å². The van der Waals surface area contributed by atoms with Crippen LogP contribution in [0, 0.1) is 11.6 Å². The van der Waals surface area contributed by atoms with E-state index in [1.54, 1.807) is 12.1 Å². The number of hydrogen-bond donors (Lipinski definition) is 3. The number of nitrogens with one attached hydrogen (secondary N) is 1. The van der Waals surface area contributed by atoms with Crippen molar-refractivity contribution in [3.05, 3.63) is 64.2 Å². The quantitative estimate of drug-likeness (QED) is 0.461. The van der Waals surface area contributed by atoms with Gasteiger partial charge in [-0.05, 0) is 35.9 Å². The first kappa shape index (κ1) is 13.7. The van der Waals surface area contributed by atoms with Gasteiger partial charge in [-0.3, -0.25) is 5.84 Å². The molecule has 2 aromatic carbocycles. The summed E-state index contributed by atoms with van der Waals surface area (Å²) >= 11 is 5.80. The number of rotatable bonds is 3. The van der Waals surface area contributed by atoms with Crippen molar-refractivity contribution in [1.29, 1.82) is 0 Å². The van der Waals surface area contributed by atoms with Crippen molar-refractivity contribution in [1.82, 2.24) is 5.43 Å². The maximum absolute atomic E-state index is 13.8.